The van der Waals surface area contributed by atoms with E-state index in [2.05, 4.69) is 15.1 Å². The van der Waals surface area contributed by atoms with E-state index in [-0.39, 0.29) is 11.7 Å². The van der Waals surface area contributed by atoms with Gasteiger partial charge < -0.3 is 5.32 Å². The molecule has 8 heteroatoms. The first-order valence-corrected chi connectivity index (χ1v) is 11.4. The van der Waals surface area contributed by atoms with Gasteiger partial charge in [-0.15, -0.1) is 0 Å². The molecule has 0 saturated heterocycles. The van der Waals surface area contributed by atoms with Crippen LogP contribution in [0.1, 0.15) is 39.7 Å². The van der Waals surface area contributed by atoms with Crippen molar-refractivity contribution in [3.05, 3.63) is 88.7 Å². The molecule has 3 aromatic rings. The van der Waals surface area contributed by atoms with Gasteiger partial charge in [0, 0.05) is 6.54 Å². The van der Waals surface area contributed by atoms with E-state index in [4.69, 9.17) is 0 Å². The van der Waals surface area contributed by atoms with Crippen LogP contribution >= 0.6 is 0 Å². The molecule has 2 N–H and O–H groups in total. The van der Waals surface area contributed by atoms with Gasteiger partial charge >= 0.3 is 0 Å². The summed E-state index contributed by atoms with van der Waals surface area (Å²) in [6.45, 7) is 2.98. The molecule has 158 valence electrons. The number of nitrogens with zero attached hydrogens (tertiary/aromatic N) is 2. The van der Waals surface area contributed by atoms with Crippen molar-refractivity contribution in [3.63, 3.8) is 0 Å². The molecule has 7 nitrogen and oxygen atoms in total. The van der Waals surface area contributed by atoms with Gasteiger partial charge in [-0.25, -0.2) is 13.1 Å². The standard InChI is InChI=1S/C22H26N4O3S/c1-3-21-20(14-25-26(21)15-18-7-5-4-6-8-18)22(27)24-13-17-9-11-19(12-10-17)16-30(28,29)23-2/h4-12,14,23H,3,13,15-16H2,1-2H3,(H,24,27). The molecule has 0 bridgehead atoms. The van der Waals surface area contributed by atoms with Gasteiger partial charge in [0.15, 0.2) is 0 Å². The molecule has 0 unspecified atom stereocenters. The minimum atomic E-state index is -3.30. The van der Waals surface area contributed by atoms with E-state index in [1.54, 1.807) is 18.3 Å². The molecule has 0 atom stereocenters. The van der Waals surface area contributed by atoms with Gasteiger partial charge in [-0.2, -0.15) is 5.10 Å². The predicted octanol–water partition coefficient (Wildman–Crippen LogP) is 2.47. The van der Waals surface area contributed by atoms with Gasteiger partial charge in [-0.05, 0) is 30.2 Å². The average Bonchev–Trinajstić information content (AvgIpc) is 3.16. The SMILES string of the molecule is CCc1c(C(=O)NCc2ccc(CS(=O)(=O)NC)cc2)cnn1Cc1ccccc1. The molecular formula is C22H26N4O3S. The first-order valence-electron chi connectivity index (χ1n) is 9.77. The van der Waals surface area contributed by atoms with Crippen LogP contribution in [0.15, 0.2) is 60.8 Å². The summed E-state index contributed by atoms with van der Waals surface area (Å²) in [7, 11) is -1.91. The fourth-order valence-corrected chi connectivity index (χ4v) is 3.96. The Balaban J connectivity index is 1.63. The largest absolute Gasteiger partial charge is 0.348 e. The summed E-state index contributed by atoms with van der Waals surface area (Å²) in [5.74, 6) is -0.246. The van der Waals surface area contributed by atoms with Crippen molar-refractivity contribution in [1.29, 1.82) is 0 Å². The highest BCUT2D eigenvalue weighted by Gasteiger charge is 2.16. The highest BCUT2D eigenvalue weighted by molar-refractivity contribution is 7.88. The zero-order valence-electron chi connectivity index (χ0n) is 17.1. The quantitative estimate of drug-likeness (QED) is 0.550. The molecule has 0 spiro atoms. The zero-order valence-corrected chi connectivity index (χ0v) is 17.9. The Bertz CT molecular complexity index is 1090. The number of nitrogens with one attached hydrogen (secondary N) is 2. The van der Waals surface area contributed by atoms with Crippen molar-refractivity contribution in [3.8, 4) is 0 Å². The second kappa shape index (κ2) is 9.69. The zero-order chi connectivity index (χ0) is 21.6. The summed E-state index contributed by atoms with van der Waals surface area (Å²) >= 11 is 0. The molecule has 0 aliphatic heterocycles. The number of benzene rings is 2. The van der Waals surface area contributed by atoms with Gasteiger partial charge in [-0.3, -0.25) is 9.48 Å². The third-order valence-corrected chi connectivity index (χ3v) is 6.18. The highest BCUT2D eigenvalue weighted by atomic mass is 32.2. The van der Waals surface area contributed by atoms with Gasteiger partial charge in [0.05, 0.1) is 29.8 Å². The maximum atomic E-state index is 12.7. The van der Waals surface area contributed by atoms with Crippen LogP contribution in [0.25, 0.3) is 0 Å². The van der Waals surface area contributed by atoms with E-state index in [0.29, 0.717) is 30.6 Å². The van der Waals surface area contributed by atoms with Gasteiger partial charge in [0.25, 0.3) is 5.91 Å². The summed E-state index contributed by atoms with van der Waals surface area (Å²) in [5, 5.41) is 7.33. The Kier molecular flexibility index (Phi) is 7.02. The second-order valence-electron chi connectivity index (χ2n) is 6.96. The van der Waals surface area contributed by atoms with Crippen molar-refractivity contribution in [2.75, 3.05) is 7.05 Å². The molecule has 0 aliphatic rings. The van der Waals surface area contributed by atoms with E-state index in [0.717, 1.165) is 16.8 Å². The van der Waals surface area contributed by atoms with Crippen molar-refractivity contribution < 1.29 is 13.2 Å². The topological polar surface area (TPSA) is 93.1 Å². The van der Waals surface area contributed by atoms with Crippen LogP contribution in [0.5, 0.6) is 0 Å². The molecule has 0 radical (unpaired) electrons. The van der Waals surface area contributed by atoms with Crippen LogP contribution in [0.4, 0.5) is 0 Å². The molecule has 1 heterocycles. The number of hydrogen-bond donors (Lipinski definition) is 2. The molecule has 0 aliphatic carbocycles. The Morgan fingerprint density at radius 3 is 2.30 bits per heavy atom. The number of amides is 1. The molecule has 1 amide bonds. The second-order valence-corrected chi connectivity index (χ2v) is 8.89. The Morgan fingerprint density at radius 1 is 1.00 bits per heavy atom. The minimum absolute atomic E-state index is 0.0728. The van der Waals surface area contributed by atoms with Gasteiger partial charge in [-0.1, -0.05) is 61.5 Å². The number of carbonyl (C=O) groups is 1. The van der Waals surface area contributed by atoms with Crippen LogP contribution < -0.4 is 10.0 Å². The number of sulfonamides is 1. The molecule has 30 heavy (non-hydrogen) atoms. The minimum Gasteiger partial charge on any atom is -0.348 e. The van der Waals surface area contributed by atoms with E-state index >= 15 is 0 Å². The molecule has 0 saturated carbocycles. The van der Waals surface area contributed by atoms with E-state index in [9.17, 15) is 13.2 Å². The van der Waals surface area contributed by atoms with E-state index in [1.165, 1.54) is 7.05 Å². The van der Waals surface area contributed by atoms with Crippen molar-refractivity contribution in [2.24, 2.45) is 0 Å². The fourth-order valence-electron chi connectivity index (χ4n) is 3.19. The lowest BCUT2D eigenvalue weighted by Gasteiger charge is -2.09. The Morgan fingerprint density at radius 2 is 1.67 bits per heavy atom. The summed E-state index contributed by atoms with van der Waals surface area (Å²) in [5.41, 5.74) is 4.18. The predicted molar refractivity (Wildman–Crippen MR) is 116 cm³/mol. The van der Waals surface area contributed by atoms with E-state index in [1.807, 2.05) is 54.1 Å². The maximum Gasteiger partial charge on any atom is 0.255 e. The fraction of sp³-hybridized carbons (Fsp3) is 0.273. The number of aromatic nitrogens is 2. The Hall–Kier alpha value is -2.97. The first kappa shape index (κ1) is 21.7. The smallest absolute Gasteiger partial charge is 0.255 e. The normalized spacial score (nSPS) is 11.4. The highest BCUT2D eigenvalue weighted by Crippen LogP contribution is 2.13. The third-order valence-electron chi connectivity index (χ3n) is 4.85. The molecule has 3 rings (SSSR count). The Labute approximate surface area is 177 Å². The monoisotopic (exact) mass is 426 g/mol. The summed E-state index contributed by atoms with van der Waals surface area (Å²) in [6, 6.07) is 17.2. The third kappa shape index (κ3) is 5.55. The molecule has 1 aromatic heterocycles. The lowest BCUT2D eigenvalue weighted by atomic mass is 10.1. The molecule has 2 aromatic carbocycles. The van der Waals surface area contributed by atoms with Gasteiger partial charge in [0.2, 0.25) is 10.0 Å². The average molecular weight is 427 g/mol. The van der Waals surface area contributed by atoms with Crippen LogP contribution in [0.2, 0.25) is 0 Å². The van der Waals surface area contributed by atoms with Crippen molar-refractivity contribution in [1.82, 2.24) is 19.8 Å². The number of carbonyl (C=O) groups excluding carboxylic acids is 1. The van der Waals surface area contributed by atoms with Crippen molar-refractivity contribution >= 4 is 15.9 Å². The summed E-state index contributed by atoms with van der Waals surface area (Å²) < 4.78 is 27.4. The number of rotatable bonds is 9. The molecular weight excluding hydrogens is 400 g/mol. The van der Waals surface area contributed by atoms with Gasteiger partial charge in [0.1, 0.15) is 0 Å². The van der Waals surface area contributed by atoms with Crippen LogP contribution in [0, 0.1) is 0 Å². The molecule has 0 fully saturated rings. The lowest BCUT2D eigenvalue weighted by molar-refractivity contribution is 0.0950. The van der Waals surface area contributed by atoms with Crippen molar-refractivity contribution in [2.45, 2.75) is 32.2 Å². The van der Waals surface area contributed by atoms with Crippen LogP contribution in [-0.2, 0) is 35.3 Å². The first-order chi connectivity index (χ1) is 14.4. The maximum absolute atomic E-state index is 12.7. The van der Waals surface area contributed by atoms with Crippen LogP contribution in [0.3, 0.4) is 0 Å². The number of hydrogen-bond acceptors (Lipinski definition) is 4. The lowest BCUT2D eigenvalue weighted by Crippen LogP contribution is -2.24. The summed E-state index contributed by atoms with van der Waals surface area (Å²) in [4.78, 5) is 12.7. The summed E-state index contributed by atoms with van der Waals surface area (Å²) in [6.07, 6.45) is 2.31. The van der Waals surface area contributed by atoms with Crippen LogP contribution in [-0.4, -0.2) is 31.2 Å². The van der Waals surface area contributed by atoms with E-state index < -0.39 is 10.0 Å².